The summed E-state index contributed by atoms with van der Waals surface area (Å²) in [6.07, 6.45) is 5.80. The molecule has 1 fully saturated rings. The number of nitrogens with one attached hydrogen (secondary N) is 2. The number of H-pyrrole nitrogens is 1. The fraction of sp³-hybridized carbons (Fsp3) is 0.500. The van der Waals surface area contributed by atoms with E-state index in [-0.39, 0.29) is 12.1 Å². The molecule has 0 bridgehead atoms. The van der Waals surface area contributed by atoms with Gasteiger partial charge in [-0.25, -0.2) is 4.79 Å². The highest BCUT2D eigenvalue weighted by Crippen LogP contribution is 2.30. The fourth-order valence-corrected chi connectivity index (χ4v) is 5.52. The number of aromatic amines is 1. The number of hydrogen-bond donors (Lipinski definition) is 2. The van der Waals surface area contributed by atoms with Crippen LogP contribution in [0.1, 0.15) is 47.3 Å². The molecule has 0 spiro atoms. The van der Waals surface area contributed by atoms with Gasteiger partial charge in [-0.05, 0) is 31.5 Å². The molecule has 2 atom stereocenters. The van der Waals surface area contributed by atoms with Gasteiger partial charge in [0.25, 0.3) is 0 Å². The molecule has 5 rings (SSSR count). The van der Waals surface area contributed by atoms with Crippen LogP contribution in [0.4, 0.5) is 4.79 Å². The second kappa shape index (κ2) is 9.14. The number of carbonyl (C=O) groups is 1. The van der Waals surface area contributed by atoms with Crippen molar-refractivity contribution in [2.75, 3.05) is 32.7 Å². The Kier molecular flexibility index (Phi) is 6.06. The highest BCUT2D eigenvalue weighted by molar-refractivity contribution is 5.85. The van der Waals surface area contributed by atoms with Gasteiger partial charge in [0.05, 0.1) is 23.8 Å². The van der Waals surface area contributed by atoms with E-state index in [2.05, 4.69) is 76.2 Å². The number of hydrogen-bond acceptors (Lipinski definition) is 3. The molecule has 33 heavy (non-hydrogen) atoms. The topological polar surface area (TPSA) is 67.6 Å². The van der Waals surface area contributed by atoms with E-state index in [1.807, 2.05) is 11.1 Å². The number of amides is 2. The van der Waals surface area contributed by atoms with Crippen LogP contribution in [0, 0.1) is 6.92 Å². The Labute approximate surface area is 196 Å². The number of rotatable bonds is 4. The van der Waals surface area contributed by atoms with E-state index in [9.17, 15) is 4.79 Å². The summed E-state index contributed by atoms with van der Waals surface area (Å²) in [5.74, 6) is 0.321. The number of aliphatic imine (C=N–C) groups is 1. The summed E-state index contributed by atoms with van der Waals surface area (Å²) in [5, 5.41) is 6.91. The van der Waals surface area contributed by atoms with Gasteiger partial charge < -0.3 is 15.1 Å². The second-order valence-electron chi connectivity index (χ2n) is 9.57. The van der Waals surface area contributed by atoms with Crippen LogP contribution >= 0.6 is 0 Å². The highest BCUT2D eigenvalue weighted by Gasteiger charge is 2.37. The largest absolute Gasteiger partial charge is 0.333 e. The van der Waals surface area contributed by atoms with E-state index < -0.39 is 0 Å². The lowest BCUT2D eigenvalue weighted by Crippen LogP contribution is -2.48. The molecule has 2 amide bonds. The number of benzene rings is 1. The van der Waals surface area contributed by atoms with Crippen molar-refractivity contribution in [1.82, 2.24) is 20.2 Å². The third-order valence-electron chi connectivity index (χ3n) is 7.41. The van der Waals surface area contributed by atoms with Crippen LogP contribution in [0.25, 0.3) is 5.57 Å². The predicted octanol–water partition coefficient (Wildman–Crippen LogP) is 2.56. The van der Waals surface area contributed by atoms with E-state index in [0.717, 1.165) is 45.6 Å². The maximum Gasteiger partial charge on any atom is 0.317 e. The summed E-state index contributed by atoms with van der Waals surface area (Å²) in [6, 6.07) is 8.97. The van der Waals surface area contributed by atoms with Crippen LogP contribution in [0.2, 0.25) is 0 Å². The average Bonchev–Trinajstić information content (AvgIpc) is 3.39. The molecule has 2 unspecified atom stereocenters. The minimum absolute atomic E-state index is 0.0507. The number of urea groups is 1. The lowest BCUT2D eigenvalue weighted by atomic mass is 9.93. The highest BCUT2D eigenvalue weighted by atomic mass is 16.2. The molecule has 7 nitrogen and oxygen atoms in total. The zero-order valence-corrected chi connectivity index (χ0v) is 20.0. The Morgan fingerprint density at radius 2 is 2.06 bits per heavy atom. The van der Waals surface area contributed by atoms with E-state index in [4.69, 9.17) is 0 Å². The van der Waals surface area contributed by atoms with Gasteiger partial charge in [0, 0.05) is 50.3 Å². The van der Waals surface area contributed by atoms with Crippen LogP contribution in [0.5, 0.6) is 0 Å². The summed E-state index contributed by atoms with van der Waals surface area (Å²) in [7, 11) is 2.06. The molecular weight excluding hydrogens is 412 g/mol. The smallest absolute Gasteiger partial charge is 0.317 e. The summed E-state index contributed by atoms with van der Waals surface area (Å²) >= 11 is 0. The average molecular weight is 448 g/mol. The van der Waals surface area contributed by atoms with Gasteiger partial charge in [-0.15, -0.1) is 4.68 Å². The molecule has 3 aliphatic rings. The van der Waals surface area contributed by atoms with Crippen molar-refractivity contribution in [2.24, 2.45) is 12.0 Å². The molecule has 174 valence electrons. The van der Waals surface area contributed by atoms with E-state index in [0.29, 0.717) is 12.5 Å². The first kappa shape index (κ1) is 21.9. The Morgan fingerprint density at radius 1 is 1.24 bits per heavy atom. The Morgan fingerprint density at radius 3 is 2.79 bits per heavy atom. The molecular formula is C26H35N6O+. The van der Waals surface area contributed by atoms with Crippen molar-refractivity contribution in [3.63, 3.8) is 0 Å². The second-order valence-corrected chi connectivity index (χ2v) is 9.57. The van der Waals surface area contributed by atoms with E-state index in [1.165, 1.54) is 33.7 Å². The van der Waals surface area contributed by atoms with Gasteiger partial charge in [0.15, 0.2) is 7.05 Å². The van der Waals surface area contributed by atoms with E-state index in [1.54, 1.807) is 0 Å². The van der Waals surface area contributed by atoms with Gasteiger partial charge >= 0.3 is 6.03 Å². The van der Waals surface area contributed by atoms with Crippen LogP contribution in [-0.2, 0) is 20.0 Å². The number of nitrogens with zero attached hydrogens (tertiary/aromatic N) is 4. The molecule has 2 N–H and O–H groups in total. The zero-order valence-electron chi connectivity index (χ0n) is 20.0. The van der Waals surface area contributed by atoms with Crippen molar-refractivity contribution < 1.29 is 9.48 Å². The van der Waals surface area contributed by atoms with Gasteiger partial charge in [-0.2, -0.15) is 5.10 Å². The molecule has 0 saturated carbocycles. The first-order valence-electron chi connectivity index (χ1n) is 12.2. The first-order chi connectivity index (χ1) is 16.0. The lowest BCUT2D eigenvalue weighted by Gasteiger charge is -2.29. The maximum absolute atomic E-state index is 13.4. The summed E-state index contributed by atoms with van der Waals surface area (Å²) in [5.41, 5.74) is 7.58. The standard InChI is InChI=1S/C26H34N6O/c1-4-31-15-21(19-7-5-18(2)6-8-19)24(17-31)28-26(33)32-14-11-23-22(16-32)25(30(3)29-23)20-9-12-27-13-10-20/h5-9,12,21,24H,4,10-11,13-17H2,1-3H3,(H,28,33)/p+1. The third-order valence-corrected chi connectivity index (χ3v) is 7.41. The summed E-state index contributed by atoms with van der Waals surface area (Å²) < 4.78 is 2.11. The summed E-state index contributed by atoms with van der Waals surface area (Å²) in [6.45, 7) is 9.40. The number of dihydropyridines is 1. The molecule has 1 saturated heterocycles. The number of fused-ring (bicyclic) bond motifs is 1. The number of aromatic nitrogens is 2. The number of aryl methyl sites for hydroxylation is 2. The molecule has 0 radical (unpaired) electrons. The SMILES string of the molecule is CCN1CC(NC(=O)N2CCc3[nH][n+](C)c(C4=CC=NCC4)c3C2)C(c2ccc(C)cc2)C1. The minimum Gasteiger partial charge on any atom is -0.333 e. The minimum atomic E-state index is 0.0507. The Hall–Kier alpha value is -2.93. The number of allylic oxidation sites excluding steroid dienone is 1. The van der Waals surface area contributed by atoms with Crippen LogP contribution < -0.4 is 10.00 Å². The van der Waals surface area contributed by atoms with Gasteiger partial charge in [-0.1, -0.05) is 36.8 Å². The van der Waals surface area contributed by atoms with Crippen LogP contribution in [0.15, 0.2) is 35.3 Å². The number of carbonyl (C=O) groups excluding carboxylic acids is 1. The van der Waals surface area contributed by atoms with Gasteiger partial charge in [-0.3, -0.25) is 4.99 Å². The van der Waals surface area contributed by atoms with Crippen molar-refractivity contribution >= 4 is 17.8 Å². The van der Waals surface area contributed by atoms with Crippen molar-refractivity contribution in [3.8, 4) is 0 Å². The number of likely N-dealkylation sites (N-methyl/N-ethyl adjacent to an activating group) is 1. The summed E-state index contributed by atoms with van der Waals surface area (Å²) in [4.78, 5) is 22.2. The lowest BCUT2D eigenvalue weighted by molar-refractivity contribution is -0.729. The third kappa shape index (κ3) is 4.34. The van der Waals surface area contributed by atoms with Crippen LogP contribution in [-0.4, -0.2) is 65.9 Å². The van der Waals surface area contributed by atoms with Crippen LogP contribution in [0.3, 0.4) is 0 Å². The molecule has 3 aliphatic heterocycles. The molecule has 7 heteroatoms. The van der Waals surface area contributed by atoms with Crippen molar-refractivity contribution in [1.29, 1.82) is 0 Å². The van der Waals surface area contributed by atoms with Gasteiger partial charge in [0.2, 0.25) is 5.69 Å². The Balaban J connectivity index is 1.33. The predicted molar refractivity (Wildman–Crippen MR) is 130 cm³/mol. The quantitative estimate of drug-likeness (QED) is 0.708. The fourth-order valence-electron chi connectivity index (χ4n) is 5.52. The molecule has 1 aromatic heterocycles. The first-order valence-corrected chi connectivity index (χ1v) is 12.2. The molecule has 1 aromatic carbocycles. The monoisotopic (exact) mass is 447 g/mol. The maximum atomic E-state index is 13.4. The molecule has 4 heterocycles. The Bertz CT molecular complexity index is 1080. The normalized spacial score (nSPS) is 22.9. The zero-order chi connectivity index (χ0) is 22.9. The number of likely N-dealkylation sites (tertiary alicyclic amines) is 1. The molecule has 2 aromatic rings. The van der Waals surface area contributed by atoms with Crippen molar-refractivity contribution in [2.45, 2.75) is 45.2 Å². The van der Waals surface area contributed by atoms with Crippen molar-refractivity contribution in [3.05, 3.63) is 58.4 Å². The van der Waals surface area contributed by atoms with E-state index >= 15 is 0 Å². The van der Waals surface area contributed by atoms with Gasteiger partial charge in [0.1, 0.15) is 0 Å². The molecule has 0 aliphatic carbocycles.